The van der Waals surface area contributed by atoms with Crippen molar-refractivity contribution in [2.24, 2.45) is 0 Å². The molecule has 1 unspecified atom stereocenters. The summed E-state index contributed by atoms with van der Waals surface area (Å²) in [5, 5.41) is 36.0. The van der Waals surface area contributed by atoms with Crippen molar-refractivity contribution in [1.29, 1.82) is 5.26 Å². The average Bonchev–Trinajstić information content (AvgIpc) is 3.87. The predicted octanol–water partition coefficient (Wildman–Crippen LogP) is 5.03. The molecule has 7 heterocycles. The van der Waals surface area contributed by atoms with E-state index in [1.54, 1.807) is 32.0 Å². The minimum atomic E-state index is -1.23. The van der Waals surface area contributed by atoms with Gasteiger partial charge < -0.3 is 15.3 Å². The van der Waals surface area contributed by atoms with E-state index in [4.69, 9.17) is 10.1 Å². The summed E-state index contributed by atoms with van der Waals surface area (Å²) in [5.41, 5.74) is 4.86. The summed E-state index contributed by atoms with van der Waals surface area (Å²) >= 11 is 0. The number of nitrogens with zero attached hydrogens (tertiary/aromatic N) is 9. The van der Waals surface area contributed by atoms with Gasteiger partial charge in [0.1, 0.15) is 11.8 Å². The molecule has 3 amide bonds. The van der Waals surface area contributed by atoms with Gasteiger partial charge in [-0.15, -0.1) is 0 Å². The van der Waals surface area contributed by atoms with Crippen LogP contribution in [0.25, 0.3) is 16.4 Å². The van der Waals surface area contributed by atoms with Crippen LogP contribution in [0.5, 0.6) is 0 Å². The number of hydrogen-bond donors (Lipinski definition) is 3. The molecule has 1 aliphatic carbocycles. The summed E-state index contributed by atoms with van der Waals surface area (Å²) in [5.74, 6) is -1.18. The second kappa shape index (κ2) is 16.1. The number of hydrogen-bond acceptors (Lipinski definition) is 11. The molecule has 60 heavy (non-hydrogen) atoms. The lowest BCUT2D eigenvalue weighted by molar-refractivity contribution is -0.134. The van der Waals surface area contributed by atoms with Crippen molar-refractivity contribution in [3.8, 4) is 6.07 Å². The molecule has 1 aromatic carbocycles. The topological polar surface area (TPSA) is 177 Å². The molecule has 3 aliphatic heterocycles. The van der Waals surface area contributed by atoms with Gasteiger partial charge in [0, 0.05) is 80.6 Å². The number of carbonyl (C=O) groups excluding carboxylic acids is 3. The van der Waals surface area contributed by atoms with Gasteiger partial charge in [0.05, 0.1) is 57.4 Å². The lowest BCUT2D eigenvalue weighted by Crippen LogP contribution is -2.55. The van der Waals surface area contributed by atoms with Crippen LogP contribution in [-0.4, -0.2) is 108 Å². The number of aryl methyl sites for hydroxylation is 1. The van der Waals surface area contributed by atoms with E-state index >= 15 is 0 Å². The van der Waals surface area contributed by atoms with Crippen LogP contribution in [0.3, 0.4) is 0 Å². The van der Waals surface area contributed by atoms with Gasteiger partial charge in [-0.1, -0.05) is 0 Å². The van der Waals surface area contributed by atoms with Crippen molar-refractivity contribution in [1.82, 2.24) is 39.5 Å². The third-order valence-electron chi connectivity index (χ3n) is 13.3. The number of carbonyl (C=O) groups is 3. The van der Waals surface area contributed by atoms with Gasteiger partial charge in [-0.05, 0) is 108 Å². The molecule has 312 valence electrons. The first-order valence-corrected chi connectivity index (χ1v) is 21.4. The van der Waals surface area contributed by atoms with E-state index < -0.39 is 5.60 Å². The van der Waals surface area contributed by atoms with E-state index in [1.165, 1.54) is 10.7 Å². The number of benzene rings is 1. The van der Waals surface area contributed by atoms with E-state index in [2.05, 4.69) is 53.4 Å². The highest BCUT2D eigenvalue weighted by Crippen LogP contribution is 2.36. The molecule has 1 saturated carbocycles. The Kier molecular flexibility index (Phi) is 10.6. The van der Waals surface area contributed by atoms with Crippen molar-refractivity contribution in [3.05, 3.63) is 83.1 Å². The summed E-state index contributed by atoms with van der Waals surface area (Å²) in [6.07, 6.45) is 11.0. The fourth-order valence-corrected chi connectivity index (χ4v) is 10.0. The van der Waals surface area contributed by atoms with Crippen LogP contribution in [0.1, 0.15) is 110 Å². The first kappa shape index (κ1) is 39.8. The normalized spacial score (nSPS) is 22.6. The fourth-order valence-electron chi connectivity index (χ4n) is 10.0. The van der Waals surface area contributed by atoms with Crippen LogP contribution in [0.4, 0.5) is 11.4 Å². The zero-order valence-electron chi connectivity index (χ0n) is 34.6. The van der Waals surface area contributed by atoms with Crippen LogP contribution in [0.15, 0.2) is 54.9 Å². The van der Waals surface area contributed by atoms with Crippen molar-refractivity contribution in [3.63, 3.8) is 0 Å². The number of imide groups is 1. The van der Waals surface area contributed by atoms with Gasteiger partial charge in [0.15, 0.2) is 0 Å². The van der Waals surface area contributed by atoms with Crippen molar-refractivity contribution in [2.75, 3.05) is 49.5 Å². The van der Waals surface area contributed by atoms with E-state index in [9.17, 15) is 24.8 Å². The molecule has 4 aliphatic rings. The quantitative estimate of drug-likeness (QED) is 0.179. The molecule has 15 heteroatoms. The van der Waals surface area contributed by atoms with Gasteiger partial charge in [-0.25, -0.2) is 4.52 Å². The molecule has 0 radical (unpaired) electrons. The second-order valence-electron chi connectivity index (χ2n) is 17.6. The van der Waals surface area contributed by atoms with E-state index in [0.717, 1.165) is 106 Å². The number of aliphatic hydroxyl groups is 1. The van der Waals surface area contributed by atoms with Crippen molar-refractivity contribution in [2.45, 2.75) is 102 Å². The summed E-state index contributed by atoms with van der Waals surface area (Å²) in [6.45, 7) is 11.8. The predicted molar refractivity (Wildman–Crippen MR) is 227 cm³/mol. The number of aromatic nitrogens is 5. The molecule has 15 nitrogen and oxygen atoms in total. The zero-order valence-corrected chi connectivity index (χ0v) is 34.6. The second-order valence-corrected chi connectivity index (χ2v) is 17.6. The number of rotatable bonds is 8. The Hall–Kier alpha value is -5.69. The van der Waals surface area contributed by atoms with Gasteiger partial charge in [-0.3, -0.25) is 39.2 Å². The molecule has 5 aromatic rings. The zero-order chi connectivity index (χ0) is 41.7. The third-order valence-corrected chi connectivity index (χ3v) is 13.3. The fraction of sp³-hybridized carbons (Fsp3) is 0.489. The van der Waals surface area contributed by atoms with Gasteiger partial charge in [0.2, 0.25) is 11.8 Å². The van der Waals surface area contributed by atoms with Crippen LogP contribution in [0, 0.1) is 18.3 Å². The standard InChI is InChI=1S/C45H53N11O4/c1-28-40(12-10-37(48-28)35-9-13-42(57)50-43(35)58)54-16-14-32(15-17-54)53-20-18-52(19-21-53)31-4-6-33(7-5-31)55-27-30-23-39(36(45(2,3)60)24-38(30)51-55)49-44(59)41-11-8-34-22-29(25-46)26-47-56(34)41/h8,10-12,22-24,26-27,31-33,35,60H,4-7,9,13-21H2,1-3H3,(H,49,59)(H,50,57,58)/t31-,33-,35?. The first-order valence-electron chi connectivity index (χ1n) is 21.4. The Morgan fingerprint density at radius 2 is 1.60 bits per heavy atom. The maximum Gasteiger partial charge on any atom is 0.274 e. The molecule has 0 bridgehead atoms. The number of nitriles is 1. The molecule has 4 fully saturated rings. The summed E-state index contributed by atoms with van der Waals surface area (Å²) in [4.78, 5) is 50.2. The maximum atomic E-state index is 13.5. The Morgan fingerprint density at radius 1 is 0.900 bits per heavy atom. The molecule has 3 N–H and O–H groups in total. The molecular formula is C45H53N11O4. The molecule has 4 aromatic heterocycles. The van der Waals surface area contributed by atoms with Gasteiger partial charge in [-0.2, -0.15) is 15.5 Å². The monoisotopic (exact) mass is 811 g/mol. The minimum absolute atomic E-state index is 0.205. The van der Waals surface area contributed by atoms with E-state index in [0.29, 0.717) is 53.0 Å². The number of fused-ring (bicyclic) bond motifs is 2. The Bertz CT molecular complexity index is 2490. The van der Waals surface area contributed by atoms with Gasteiger partial charge >= 0.3 is 0 Å². The Balaban J connectivity index is 0.775. The van der Waals surface area contributed by atoms with Crippen LogP contribution < -0.4 is 15.5 Å². The van der Waals surface area contributed by atoms with E-state index in [-0.39, 0.29) is 29.7 Å². The number of pyridine rings is 1. The highest BCUT2D eigenvalue weighted by Gasteiger charge is 2.34. The molecular weight excluding hydrogens is 759 g/mol. The number of piperazine rings is 1. The minimum Gasteiger partial charge on any atom is -0.386 e. The summed E-state index contributed by atoms with van der Waals surface area (Å²) < 4.78 is 3.60. The van der Waals surface area contributed by atoms with Gasteiger partial charge in [0.25, 0.3) is 5.91 Å². The number of anilines is 2. The number of piperidine rings is 2. The SMILES string of the molecule is Cc1nc(C2CCC(=O)NC2=O)ccc1N1CCC(N2CCN([C@H]3CC[C@H](n4cc5cc(NC(=O)c6ccc7cc(C#N)cnn67)c(C(C)(C)O)cc5n4)CC3)CC2)CC1. The molecule has 1 atom stereocenters. The average molecular weight is 812 g/mol. The van der Waals surface area contributed by atoms with E-state index in [1.807, 2.05) is 25.1 Å². The number of amides is 3. The Labute approximate surface area is 349 Å². The molecule has 0 spiro atoms. The van der Waals surface area contributed by atoms with Crippen molar-refractivity contribution < 1.29 is 19.5 Å². The highest BCUT2D eigenvalue weighted by molar-refractivity contribution is 6.05. The van der Waals surface area contributed by atoms with Crippen LogP contribution >= 0.6 is 0 Å². The highest BCUT2D eigenvalue weighted by atomic mass is 16.3. The summed E-state index contributed by atoms with van der Waals surface area (Å²) in [7, 11) is 0. The Morgan fingerprint density at radius 3 is 2.27 bits per heavy atom. The summed E-state index contributed by atoms with van der Waals surface area (Å²) in [6, 6.07) is 16.5. The van der Waals surface area contributed by atoms with Crippen LogP contribution in [-0.2, 0) is 15.2 Å². The third kappa shape index (κ3) is 7.87. The first-order chi connectivity index (χ1) is 28.9. The van der Waals surface area contributed by atoms with Crippen molar-refractivity contribution >= 4 is 45.5 Å². The molecule has 3 saturated heterocycles. The lowest BCUT2D eigenvalue weighted by atomic mass is 9.89. The number of nitrogens with one attached hydrogen (secondary N) is 2. The molecule has 9 rings (SSSR count). The maximum absolute atomic E-state index is 13.5. The smallest absolute Gasteiger partial charge is 0.274 e. The van der Waals surface area contributed by atoms with Crippen LogP contribution in [0.2, 0.25) is 0 Å². The largest absolute Gasteiger partial charge is 0.386 e. The lowest BCUT2D eigenvalue weighted by Gasteiger charge is -2.46.